The summed E-state index contributed by atoms with van der Waals surface area (Å²) in [5, 5.41) is 9.24. The summed E-state index contributed by atoms with van der Waals surface area (Å²) < 4.78 is 25.8. The van der Waals surface area contributed by atoms with Crippen molar-refractivity contribution in [2.24, 2.45) is 5.73 Å². The Balaban J connectivity index is 2.42. The molecule has 0 unspecified atom stereocenters. The van der Waals surface area contributed by atoms with Crippen LogP contribution in [0.5, 0.6) is 0 Å². The van der Waals surface area contributed by atoms with Gasteiger partial charge in [-0.25, -0.2) is 17.5 Å². The summed E-state index contributed by atoms with van der Waals surface area (Å²) in [4.78, 5) is 11.1. The maximum absolute atomic E-state index is 12.6. The van der Waals surface area contributed by atoms with E-state index in [0.717, 1.165) is 0 Å². The third-order valence-electron chi connectivity index (χ3n) is 3.19. The maximum atomic E-state index is 12.6. The van der Waals surface area contributed by atoms with Gasteiger partial charge in [-0.1, -0.05) is 60.7 Å². The molecule has 122 valence electrons. The minimum absolute atomic E-state index is 0.244. The van der Waals surface area contributed by atoms with Crippen LogP contribution in [0.1, 0.15) is 11.1 Å². The molecule has 0 saturated heterocycles. The number of sulfonamides is 1. The van der Waals surface area contributed by atoms with Crippen LogP contribution >= 0.6 is 0 Å². The number of nitriles is 1. The summed E-state index contributed by atoms with van der Waals surface area (Å²) in [6.07, 6.45) is 1.20. The van der Waals surface area contributed by atoms with Gasteiger partial charge in [-0.3, -0.25) is 0 Å². The fourth-order valence-corrected chi connectivity index (χ4v) is 3.21. The summed E-state index contributed by atoms with van der Waals surface area (Å²) in [7, 11) is -4.35. The number of hydrogen-bond acceptors (Lipinski definition) is 4. The number of carbonyl (C=O) groups excluding carboxylic acids is 1. The van der Waals surface area contributed by atoms with Gasteiger partial charge < -0.3 is 5.73 Å². The van der Waals surface area contributed by atoms with E-state index in [9.17, 15) is 18.5 Å². The number of benzene rings is 2. The van der Waals surface area contributed by atoms with E-state index in [1.165, 1.54) is 6.08 Å². The largest absolute Gasteiger partial charge is 0.351 e. The van der Waals surface area contributed by atoms with Crippen LogP contribution in [0.3, 0.4) is 0 Å². The molecule has 0 saturated carbocycles. The topological polar surface area (TPSA) is 104 Å². The first-order valence-electron chi connectivity index (χ1n) is 6.98. The van der Waals surface area contributed by atoms with Crippen molar-refractivity contribution in [1.29, 1.82) is 5.26 Å². The standard InChI is InChI=1S/C17H15N3O3S/c18-12-16(11-14-7-3-1-4-8-14)24(22,23)20(17(19)21)13-15-9-5-2-6-10-15/h1-11H,13H2,(H2,19,21). The zero-order valence-electron chi connectivity index (χ0n) is 12.7. The minimum Gasteiger partial charge on any atom is -0.351 e. The quantitative estimate of drug-likeness (QED) is 0.843. The highest BCUT2D eigenvalue weighted by Crippen LogP contribution is 2.19. The molecular weight excluding hydrogens is 326 g/mol. The van der Waals surface area contributed by atoms with Gasteiger partial charge in [0.1, 0.15) is 6.07 Å². The zero-order valence-corrected chi connectivity index (χ0v) is 13.5. The van der Waals surface area contributed by atoms with Crippen LogP contribution < -0.4 is 5.73 Å². The van der Waals surface area contributed by atoms with Crippen molar-refractivity contribution in [3.8, 4) is 6.07 Å². The Morgan fingerprint density at radius 1 is 1.08 bits per heavy atom. The molecule has 2 rings (SSSR count). The normalized spacial score (nSPS) is 11.5. The third kappa shape index (κ3) is 4.00. The molecule has 0 aliphatic rings. The molecule has 7 heteroatoms. The first kappa shape index (κ1) is 17.2. The Morgan fingerprint density at radius 3 is 2.12 bits per heavy atom. The molecule has 0 aliphatic heterocycles. The third-order valence-corrected chi connectivity index (χ3v) is 4.84. The van der Waals surface area contributed by atoms with Crippen LogP contribution in [-0.4, -0.2) is 18.8 Å². The second-order valence-corrected chi connectivity index (χ2v) is 6.70. The fourth-order valence-electron chi connectivity index (χ4n) is 2.01. The first-order valence-corrected chi connectivity index (χ1v) is 8.42. The monoisotopic (exact) mass is 341 g/mol. The highest BCUT2D eigenvalue weighted by molar-refractivity contribution is 7.94. The van der Waals surface area contributed by atoms with Crippen molar-refractivity contribution >= 4 is 22.1 Å². The smallest absolute Gasteiger partial charge is 0.329 e. The van der Waals surface area contributed by atoms with Crippen molar-refractivity contribution in [1.82, 2.24) is 4.31 Å². The Bertz CT molecular complexity index is 886. The van der Waals surface area contributed by atoms with Crippen LogP contribution in [0.4, 0.5) is 4.79 Å². The highest BCUT2D eigenvalue weighted by atomic mass is 32.2. The lowest BCUT2D eigenvalue weighted by Crippen LogP contribution is -2.40. The number of primary amides is 1. The summed E-state index contributed by atoms with van der Waals surface area (Å²) >= 11 is 0. The second kappa shape index (κ2) is 7.44. The van der Waals surface area contributed by atoms with E-state index in [4.69, 9.17) is 5.73 Å². The van der Waals surface area contributed by atoms with Gasteiger partial charge >= 0.3 is 6.03 Å². The molecule has 0 bridgehead atoms. The number of carbonyl (C=O) groups is 1. The van der Waals surface area contributed by atoms with Crippen molar-refractivity contribution in [3.63, 3.8) is 0 Å². The zero-order chi connectivity index (χ0) is 17.6. The highest BCUT2D eigenvalue weighted by Gasteiger charge is 2.30. The Kier molecular flexibility index (Phi) is 5.35. The minimum atomic E-state index is -4.35. The first-order chi connectivity index (χ1) is 11.4. The fraction of sp³-hybridized carbons (Fsp3) is 0.0588. The van der Waals surface area contributed by atoms with Crippen molar-refractivity contribution in [3.05, 3.63) is 76.7 Å². The van der Waals surface area contributed by atoms with Crippen molar-refractivity contribution in [2.75, 3.05) is 0 Å². The van der Waals surface area contributed by atoms with Gasteiger partial charge in [0.15, 0.2) is 4.91 Å². The Labute approximate surface area is 140 Å². The van der Waals surface area contributed by atoms with Gasteiger partial charge in [0.25, 0.3) is 10.0 Å². The van der Waals surface area contributed by atoms with Crippen molar-refractivity contribution < 1.29 is 13.2 Å². The molecule has 0 radical (unpaired) electrons. The molecule has 24 heavy (non-hydrogen) atoms. The van der Waals surface area contributed by atoms with Crippen LogP contribution in [-0.2, 0) is 16.6 Å². The van der Waals surface area contributed by atoms with Gasteiger partial charge in [0, 0.05) is 0 Å². The number of hydrogen-bond donors (Lipinski definition) is 1. The van der Waals surface area contributed by atoms with E-state index >= 15 is 0 Å². The predicted molar refractivity (Wildman–Crippen MR) is 90.5 cm³/mol. The number of nitrogens with zero attached hydrogens (tertiary/aromatic N) is 2. The van der Waals surface area contributed by atoms with E-state index in [0.29, 0.717) is 15.4 Å². The van der Waals surface area contributed by atoms with Crippen molar-refractivity contribution in [2.45, 2.75) is 6.54 Å². The van der Waals surface area contributed by atoms with Crippen LogP contribution in [0, 0.1) is 11.3 Å². The molecular formula is C17H15N3O3S. The number of nitrogens with two attached hydrogens (primary N) is 1. The molecule has 2 amide bonds. The molecule has 0 aromatic heterocycles. The summed E-state index contributed by atoms with van der Waals surface area (Å²) in [6, 6.07) is 17.5. The lowest BCUT2D eigenvalue weighted by atomic mass is 10.2. The van der Waals surface area contributed by atoms with Gasteiger partial charge in [0.2, 0.25) is 0 Å². The average molecular weight is 341 g/mol. The Hall–Kier alpha value is -3.11. The molecule has 0 heterocycles. The number of urea groups is 1. The number of rotatable bonds is 5. The van der Waals surface area contributed by atoms with Crippen LogP contribution in [0.2, 0.25) is 0 Å². The molecule has 0 fully saturated rings. The van der Waals surface area contributed by atoms with E-state index in [1.807, 2.05) is 0 Å². The lowest BCUT2D eigenvalue weighted by molar-refractivity contribution is 0.231. The molecule has 0 aliphatic carbocycles. The van der Waals surface area contributed by atoms with E-state index in [-0.39, 0.29) is 6.54 Å². The van der Waals surface area contributed by atoms with E-state index in [2.05, 4.69) is 0 Å². The van der Waals surface area contributed by atoms with Gasteiger partial charge in [-0.05, 0) is 17.2 Å². The van der Waals surface area contributed by atoms with Crippen LogP contribution in [0.15, 0.2) is 65.6 Å². The molecule has 0 spiro atoms. The maximum Gasteiger partial charge on any atom is 0.329 e. The van der Waals surface area contributed by atoms with Gasteiger partial charge in [-0.2, -0.15) is 5.26 Å². The SMILES string of the molecule is N#CC(=Cc1ccccc1)S(=O)(=O)N(Cc1ccccc1)C(N)=O. The van der Waals surface area contributed by atoms with E-state index in [1.54, 1.807) is 66.7 Å². The second-order valence-electron chi connectivity index (χ2n) is 4.87. The summed E-state index contributed by atoms with van der Waals surface area (Å²) in [5.41, 5.74) is 6.34. The molecule has 2 N–H and O–H groups in total. The van der Waals surface area contributed by atoms with Gasteiger partial charge in [-0.15, -0.1) is 0 Å². The molecule has 6 nitrogen and oxygen atoms in total. The summed E-state index contributed by atoms with van der Waals surface area (Å²) in [6.45, 7) is -0.244. The van der Waals surface area contributed by atoms with Gasteiger partial charge in [0.05, 0.1) is 6.54 Å². The van der Waals surface area contributed by atoms with Crippen LogP contribution in [0.25, 0.3) is 6.08 Å². The lowest BCUT2D eigenvalue weighted by Gasteiger charge is -2.19. The molecule has 2 aromatic carbocycles. The Morgan fingerprint density at radius 2 is 1.62 bits per heavy atom. The molecule has 0 atom stereocenters. The molecule has 2 aromatic rings. The average Bonchev–Trinajstić information content (AvgIpc) is 2.58. The number of allylic oxidation sites excluding steroid dienone is 1. The van der Waals surface area contributed by atoms with E-state index < -0.39 is 21.0 Å². The summed E-state index contributed by atoms with van der Waals surface area (Å²) in [5.74, 6) is 0. The number of amides is 2. The predicted octanol–water partition coefficient (Wildman–Crippen LogP) is 2.46.